The van der Waals surface area contributed by atoms with Gasteiger partial charge in [0.2, 0.25) is 17.7 Å². The molecule has 0 aliphatic carbocycles. The predicted octanol–water partition coefficient (Wildman–Crippen LogP) is 3.70. The monoisotopic (exact) mass is 423 g/mol. The van der Waals surface area contributed by atoms with Crippen LogP contribution in [0.25, 0.3) is 11.5 Å². The van der Waals surface area contributed by atoms with E-state index in [-0.39, 0.29) is 23.8 Å². The molecule has 0 atom stereocenters. The Labute approximate surface area is 169 Å². The lowest BCUT2D eigenvalue weighted by Gasteiger charge is -2.11. The SMILES string of the molecule is COc1ccc(CCNC(=O)CCc2nnc(-c3ccsc3)o2)cc1OC(F)F. The Morgan fingerprint density at radius 2 is 2.10 bits per heavy atom. The topological polar surface area (TPSA) is 86.5 Å². The van der Waals surface area contributed by atoms with Crippen molar-refractivity contribution >= 4 is 17.2 Å². The molecule has 3 rings (SSSR count). The minimum atomic E-state index is -2.94. The second-order valence-corrected chi connectivity index (χ2v) is 6.76. The Morgan fingerprint density at radius 3 is 2.83 bits per heavy atom. The van der Waals surface area contributed by atoms with E-state index in [0.717, 1.165) is 11.1 Å². The zero-order chi connectivity index (χ0) is 20.6. The predicted molar refractivity (Wildman–Crippen MR) is 102 cm³/mol. The van der Waals surface area contributed by atoms with Crippen molar-refractivity contribution in [3.05, 3.63) is 46.5 Å². The van der Waals surface area contributed by atoms with Crippen LogP contribution in [-0.4, -0.2) is 36.4 Å². The minimum absolute atomic E-state index is 0.0378. The number of aromatic nitrogens is 2. The molecule has 1 amide bonds. The van der Waals surface area contributed by atoms with E-state index in [0.29, 0.717) is 31.2 Å². The van der Waals surface area contributed by atoms with Gasteiger partial charge in [0.1, 0.15) is 0 Å². The number of amides is 1. The second kappa shape index (κ2) is 9.97. The molecule has 1 aromatic carbocycles. The lowest BCUT2D eigenvalue weighted by molar-refractivity contribution is -0.121. The molecule has 0 aliphatic heterocycles. The maximum absolute atomic E-state index is 12.5. The number of hydrogen-bond donors (Lipinski definition) is 1. The zero-order valence-corrected chi connectivity index (χ0v) is 16.4. The van der Waals surface area contributed by atoms with Crippen molar-refractivity contribution in [3.63, 3.8) is 0 Å². The van der Waals surface area contributed by atoms with Gasteiger partial charge in [-0.2, -0.15) is 20.1 Å². The highest BCUT2D eigenvalue weighted by Gasteiger charge is 2.13. The number of halogens is 2. The highest BCUT2D eigenvalue weighted by molar-refractivity contribution is 7.08. The van der Waals surface area contributed by atoms with Crippen LogP contribution >= 0.6 is 11.3 Å². The number of methoxy groups -OCH3 is 1. The van der Waals surface area contributed by atoms with Gasteiger partial charge >= 0.3 is 6.61 Å². The third-order valence-corrected chi connectivity index (χ3v) is 4.66. The van der Waals surface area contributed by atoms with E-state index in [1.54, 1.807) is 12.1 Å². The van der Waals surface area contributed by atoms with E-state index in [4.69, 9.17) is 9.15 Å². The maximum atomic E-state index is 12.5. The molecule has 0 aliphatic rings. The van der Waals surface area contributed by atoms with Gasteiger partial charge in [0.25, 0.3) is 0 Å². The number of hydrogen-bond acceptors (Lipinski definition) is 7. The molecule has 0 unspecified atom stereocenters. The summed E-state index contributed by atoms with van der Waals surface area (Å²) in [6, 6.07) is 6.64. The number of thiophene rings is 1. The van der Waals surface area contributed by atoms with Crippen LogP contribution in [0.4, 0.5) is 8.78 Å². The van der Waals surface area contributed by atoms with E-state index in [1.165, 1.54) is 24.5 Å². The molecule has 7 nitrogen and oxygen atoms in total. The first-order valence-corrected chi connectivity index (χ1v) is 9.73. The number of aryl methyl sites for hydroxylation is 1. The average Bonchev–Trinajstić information content (AvgIpc) is 3.38. The third kappa shape index (κ3) is 5.98. The molecule has 0 bridgehead atoms. The standard InChI is InChI=1S/C19H19F2N3O4S/c1-26-14-3-2-12(10-15(14)27-19(20)21)6-8-22-16(25)4-5-17-23-24-18(28-17)13-7-9-29-11-13/h2-3,7,9-11,19H,4-6,8H2,1H3,(H,22,25). The van der Waals surface area contributed by atoms with Gasteiger partial charge in [-0.3, -0.25) is 4.79 Å². The highest BCUT2D eigenvalue weighted by atomic mass is 32.1. The maximum Gasteiger partial charge on any atom is 0.387 e. The normalized spacial score (nSPS) is 10.9. The molecule has 2 heterocycles. The molecule has 0 saturated carbocycles. The van der Waals surface area contributed by atoms with Crippen LogP contribution in [-0.2, 0) is 17.6 Å². The zero-order valence-electron chi connectivity index (χ0n) is 15.6. The van der Waals surface area contributed by atoms with Crippen LogP contribution in [0.3, 0.4) is 0 Å². The van der Waals surface area contributed by atoms with Gasteiger partial charge in [-0.15, -0.1) is 10.2 Å². The molecule has 0 spiro atoms. The first-order chi connectivity index (χ1) is 14.0. The van der Waals surface area contributed by atoms with Crippen molar-refractivity contribution in [1.82, 2.24) is 15.5 Å². The number of alkyl halides is 2. The minimum Gasteiger partial charge on any atom is -0.493 e. The van der Waals surface area contributed by atoms with Gasteiger partial charge in [-0.25, -0.2) is 0 Å². The van der Waals surface area contributed by atoms with Crippen molar-refractivity contribution in [2.75, 3.05) is 13.7 Å². The van der Waals surface area contributed by atoms with Crippen LogP contribution in [0.5, 0.6) is 11.5 Å². The van der Waals surface area contributed by atoms with Gasteiger partial charge < -0.3 is 19.2 Å². The molecule has 29 heavy (non-hydrogen) atoms. The summed E-state index contributed by atoms with van der Waals surface area (Å²) in [4.78, 5) is 12.0. The third-order valence-electron chi connectivity index (χ3n) is 3.98. The fourth-order valence-corrected chi connectivity index (χ4v) is 3.21. The average molecular weight is 423 g/mol. The molecule has 10 heteroatoms. The number of carbonyl (C=O) groups is 1. The van der Waals surface area contributed by atoms with E-state index in [1.807, 2.05) is 16.8 Å². The number of nitrogens with one attached hydrogen (secondary N) is 1. The van der Waals surface area contributed by atoms with Crippen molar-refractivity contribution < 1.29 is 27.5 Å². The highest BCUT2D eigenvalue weighted by Crippen LogP contribution is 2.29. The van der Waals surface area contributed by atoms with E-state index < -0.39 is 6.61 Å². The smallest absolute Gasteiger partial charge is 0.387 e. The number of rotatable bonds is 10. The second-order valence-electron chi connectivity index (χ2n) is 5.98. The van der Waals surface area contributed by atoms with Gasteiger partial charge in [-0.1, -0.05) is 6.07 Å². The van der Waals surface area contributed by atoms with Crippen LogP contribution < -0.4 is 14.8 Å². The number of carbonyl (C=O) groups excluding carboxylic acids is 1. The first-order valence-electron chi connectivity index (χ1n) is 8.78. The van der Waals surface area contributed by atoms with Crippen molar-refractivity contribution in [1.29, 1.82) is 0 Å². The summed E-state index contributed by atoms with van der Waals surface area (Å²) in [6.45, 7) is -2.59. The van der Waals surface area contributed by atoms with Gasteiger partial charge in [0.05, 0.1) is 7.11 Å². The van der Waals surface area contributed by atoms with Crippen LogP contribution in [0.15, 0.2) is 39.4 Å². The molecule has 0 fully saturated rings. The summed E-state index contributed by atoms with van der Waals surface area (Å²) in [5.41, 5.74) is 1.59. The lowest BCUT2D eigenvalue weighted by atomic mass is 10.1. The fraction of sp³-hybridized carbons (Fsp3) is 0.316. The van der Waals surface area contributed by atoms with Gasteiger partial charge in [0, 0.05) is 30.3 Å². The van der Waals surface area contributed by atoms with Crippen LogP contribution in [0.2, 0.25) is 0 Å². The molecule has 0 saturated heterocycles. The summed E-state index contributed by atoms with van der Waals surface area (Å²) in [6.07, 6.45) is 0.990. The number of benzene rings is 1. The van der Waals surface area contributed by atoms with Crippen LogP contribution in [0.1, 0.15) is 17.9 Å². The molecule has 1 N–H and O–H groups in total. The Bertz CT molecular complexity index is 931. The number of nitrogens with zero attached hydrogens (tertiary/aromatic N) is 2. The molecule has 3 aromatic rings. The molecule has 0 radical (unpaired) electrons. The van der Waals surface area contributed by atoms with Crippen molar-refractivity contribution in [2.24, 2.45) is 0 Å². The molecule has 2 aromatic heterocycles. The summed E-state index contributed by atoms with van der Waals surface area (Å²) < 4.78 is 39.9. The largest absolute Gasteiger partial charge is 0.493 e. The fourth-order valence-electron chi connectivity index (χ4n) is 2.58. The summed E-state index contributed by atoms with van der Waals surface area (Å²) >= 11 is 1.53. The van der Waals surface area contributed by atoms with Crippen molar-refractivity contribution in [2.45, 2.75) is 25.9 Å². The van der Waals surface area contributed by atoms with E-state index in [2.05, 4.69) is 20.3 Å². The number of ether oxygens (including phenoxy) is 2. The van der Waals surface area contributed by atoms with Crippen LogP contribution in [0, 0.1) is 0 Å². The molecular weight excluding hydrogens is 404 g/mol. The molecular formula is C19H19F2N3O4S. The first kappa shape index (κ1) is 20.7. The van der Waals surface area contributed by atoms with Crippen molar-refractivity contribution in [3.8, 4) is 23.0 Å². The Hall–Kier alpha value is -3.01. The molecule has 154 valence electrons. The summed E-state index contributed by atoms with van der Waals surface area (Å²) in [5.74, 6) is 0.842. The Morgan fingerprint density at radius 1 is 1.24 bits per heavy atom. The Kier molecular flexibility index (Phi) is 7.12. The van der Waals surface area contributed by atoms with Gasteiger partial charge in [-0.05, 0) is 35.6 Å². The quantitative estimate of drug-likeness (QED) is 0.535. The van der Waals surface area contributed by atoms with E-state index in [9.17, 15) is 13.6 Å². The lowest BCUT2D eigenvalue weighted by Crippen LogP contribution is -2.25. The summed E-state index contributed by atoms with van der Waals surface area (Å²) in [5, 5.41) is 14.5. The Balaban J connectivity index is 1.44. The van der Waals surface area contributed by atoms with E-state index >= 15 is 0 Å². The summed E-state index contributed by atoms with van der Waals surface area (Å²) in [7, 11) is 1.38. The van der Waals surface area contributed by atoms with Gasteiger partial charge in [0.15, 0.2) is 11.5 Å².